The van der Waals surface area contributed by atoms with E-state index in [2.05, 4.69) is 15.6 Å². The van der Waals surface area contributed by atoms with Crippen molar-refractivity contribution < 1.29 is 8.78 Å². The summed E-state index contributed by atoms with van der Waals surface area (Å²) in [5.41, 5.74) is 0.961. The lowest BCUT2D eigenvalue weighted by atomic mass is 9.81. The molecule has 6 heteroatoms. The molecule has 1 atom stereocenters. The van der Waals surface area contributed by atoms with Crippen molar-refractivity contribution in [3.63, 3.8) is 0 Å². The lowest BCUT2D eigenvalue weighted by Gasteiger charge is -2.33. The largest absolute Gasteiger partial charge is 0.311 e. The van der Waals surface area contributed by atoms with Gasteiger partial charge in [-0.2, -0.15) is 0 Å². The maximum Gasteiger partial charge on any atom is 0.248 e. The summed E-state index contributed by atoms with van der Waals surface area (Å²) in [4.78, 5) is 0. The van der Waals surface area contributed by atoms with E-state index in [1.165, 1.54) is 0 Å². The molecular formula is C11H18F2N4. The number of aromatic nitrogens is 3. The van der Waals surface area contributed by atoms with E-state index in [-0.39, 0.29) is 24.8 Å². The van der Waals surface area contributed by atoms with Gasteiger partial charge in [0.1, 0.15) is 0 Å². The molecule has 96 valence electrons. The lowest BCUT2D eigenvalue weighted by molar-refractivity contribution is -0.0497. The van der Waals surface area contributed by atoms with Crippen LogP contribution in [-0.2, 0) is 7.05 Å². The topological polar surface area (TPSA) is 42.7 Å². The number of halogens is 2. The third-order valence-electron chi connectivity index (χ3n) is 3.61. The van der Waals surface area contributed by atoms with Gasteiger partial charge >= 0.3 is 0 Å². The van der Waals surface area contributed by atoms with Crippen molar-refractivity contribution in [3.8, 4) is 0 Å². The quantitative estimate of drug-likeness (QED) is 0.883. The predicted octanol–water partition coefficient (Wildman–Crippen LogP) is 1.90. The van der Waals surface area contributed by atoms with E-state index in [0.29, 0.717) is 12.8 Å². The molecule has 0 spiro atoms. The fourth-order valence-electron chi connectivity index (χ4n) is 2.60. The Morgan fingerprint density at radius 2 is 2.12 bits per heavy atom. The molecule has 1 fully saturated rings. The maximum absolute atomic E-state index is 13.1. The SMILES string of the molecule is CNC(c1cnnn1C)C1CCC(F)(F)CC1. The third kappa shape index (κ3) is 2.62. The van der Waals surface area contributed by atoms with Gasteiger partial charge in [-0.25, -0.2) is 8.78 Å². The monoisotopic (exact) mass is 244 g/mol. The Labute approximate surface area is 99.4 Å². The Kier molecular flexibility index (Phi) is 3.42. The Morgan fingerprint density at radius 3 is 2.59 bits per heavy atom. The number of nitrogens with one attached hydrogen (secondary N) is 1. The highest BCUT2D eigenvalue weighted by molar-refractivity contribution is 5.04. The molecule has 1 aliphatic rings. The first-order valence-electron chi connectivity index (χ1n) is 5.93. The van der Waals surface area contributed by atoms with Crippen molar-refractivity contribution in [1.29, 1.82) is 0 Å². The van der Waals surface area contributed by atoms with Crippen LogP contribution in [-0.4, -0.2) is 28.0 Å². The summed E-state index contributed by atoms with van der Waals surface area (Å²) in [6, 6.07) is 0.0612. The fourth-order valence-corrected chi connectivity index (χ4v) is 2.60. The average Bonchev–Trinajstić information content (AvgIpc) is 2.69. The molecular weight excluding hydrogens is 226 g/mol. The second-order valence-corrected chi connectivity index (χ2v) is 4.74. The highest BCUT2D eigenvalue weighted by Crippen LogP contribution is 2.40. The molecule has 1 aliphatic carbocycles. The predicted molar refractivity (Wildman–Crippen MR) is 59.7 cm³/mol. The van der Waals surface area contributed by atoms with E-state index < -0.39 is 5.92 Å². The van der Waals surface area contributed by atoms with Crippen LogP contribution in [0.3, 0.4) is 0 Å². The Balaban J connectivity index is 2.08. The Hall–Kier alpha value is -1.04. The van der Waals surface area contributed by atoms with Crippen LogP contribution in [0.15, 0.2) is 6.20 Å². The minimum atomic E-state index is -2.47. The molecule has 1 aromatic heterocycles. The first-order chi connectivity index (χ1) is 8.03. The van der Waals surface area contributed by atoms with Gasteiger partial charge in [0.05, 0.1) is 17.9 Å². The van der Waals surface area contributed by atoms with Gasteiger partial charge in [0, 0.05) is 19.9 Å². The van der Waals surface area contributed by atoms with Crippen LogP contribution < -0.4 is 5.32 Å². The number of rotatable bonds is 3. The summed E-state index contributed by atoms with van der Waals surface area (Å²) < 4.78 is 27.9. The zero-order valence-corrected chi connectivity index (χ0v) is 10.2. The third-order valence-corrected chi connectivity index (χ3v) is 3.61. The van der Waals surface area contributed by atoms with Gasteiger partial charge < -0.3 is 5.32 Å². The summed E-state index contributed by atoms with van der Waals surface area (Å²) in [6.45, 7) is 0. The normalized spacial score (nSPS) is 22.6. The second-order valence-electron chi connectivity index (χ2n) is 4.74. The van der Waals surface area contributed by atoms with Crippen molar-refractivity contribution in [3.05, 3.63) is 11.9 Å². The van der Waals surface area contributed by atoms with Crippen molar-refractivity contribution in [1.82, 2.24) is 20.3 Å². The second kappa shape index (κ2) is 4.68. The summed E-state index contributed by atoms with van der Waals surface area (Å²) in [5.74, 6) is -2.24. The molecule has 0 aliphatic heterocycles. The number of hydrogen-bond donors (Lipinski definition) is 1. The maximum atomic E-state index is 13.1. The zero-order valence-electron chi connectivity index (χ0n) is 10.2. The summed E-state index contributed by atoms with van der Waals surface area (Å²) in [6.07, 6.45) is 2.77. The van der Waals surface area contributed by atoms with Gasteiger partial charge in [0.2, 0.25) is 5.92 Å². The molecule has 0 saturated heterocycles. The first kappa shape index (κ1) is 12.4. The standard InChI is InChI=1S/C11H18F2N4/c1-14-10(9-7-15-16-17(9)2)8-3-5-11(12,13)6-4-8/h7-8,10,14H,3-6H2,1-2H3. The summed E-state index contributed by atoms with van der Waals surface area (Å²) in [7, 11) is 3.68. The highest BCUT2D eigenvalue weighted by Gasteiger charge is 2.38. The van der Waals surface area contributed by atoms with Crippen molar-refractivity contribution >= 4 is 0 Å². The van der Waals surface area contributed by atoms with Gasteiger partial charge in [-0.1, -0.05) is 5.21 Å². The summed E-state index contributed by atoms with van der Waals surface area (Å²) >= 11 is 0. The van der Waals surface area contributed by atoms with Crippen LogP contribution in [0, 0.1) is 5.92 Å². The minimum absolute atomic E-state index is 0.0128. The molecule has 0 bridgehead atoms. The Morgan fingerprint density at radius 1 is 1.47 bits per heavy atom. The van der Waals surface area contributed by atoms with E-state index >= 15 is 0 Å². The van der Waals surface area contributed by atoms with E-state index in [1.807, 2.05) is 14.1 Å². The molecule has 0 amide bonds. The molecule has 1 aromatic rings. The van der Waals surface area contributed by atoms with Gasteiger partial charge in [-0.05, 0) is 25.8 Å². The number of alkyl halides is 2. The van der Waals surface area contributed by atoms with Crippen LogP contribution >= 0.6 is 0 Å². The summed E-state index contributed by atoms with van der Waals surface area (Å²) in [5, 5.41) is 10.9. The van der Waals surface area contributed by atoms with Gasteiger partial charge in [0.15, 0.2) is 0 Å². The molecule has 1 unspecified atom stereocenters. The van der Waals surface area contributed by atoms with E-state index in [1.54, 1.807) is 10.9 Å². The minimum Gasteiger partial charge on any atom is -0.311 e. The number of hydrogen-bond acceptors (Lipinski definition) is 3. The fraction of sp³-hybridized carbons (Fsp3) is 0.818. The lowest BCUT2D eigenvalue weighted by Crippen LogP contribution is -2.33. The van der Waals surface area contributed by atoms with Crippen LogP contribution in [0.25, 0.3) is 0 Å². The van der Waals surface area contributed by atoms with Crippen molar-refractivity contribution in [2.24, 2.45) is 13.0 Å². The first-order valence-corrected chi connectivity index (χ1v) is 5.93. The van der Waals surface area contributed by atoms with Crippen LogP contribution in [0.5, 0.6) is 0 Å². The Bertz CT molecular complexity index is 367. The highest BCUT2D eigenvalue weighted by atomic mass is 19.3. The molecule has 0 aromatic carbocycles. The van der Waals surface area contributed by atoms with Crippen LogP contribution in [0.2, 0.25) is 0 Å². The molecule has 1 N–H and O–H groups in total. The van der Waals surface area contributed by atoms with E-state index in [0.717, 1.165) is 5.69 Å². The van der Waals surface area contributed by atoms with Gasteiger partial charge in [0.25, 0.3) is 0 Å². The van der Waals surface area contributed by atoms with Gasteiger partial charge in [-0.15, -0.1) is 5.10 Å². The molecule has 1 saturated carbocycles. The molecule has 17 heavy (non-hydrogen) atoms. The molecule has 1 heterocycles. The van der Waals surface area contributed by atoms with E-state index in [9.17, 15) is 8.78 Å². The average molecular weight is 244 g/mol. The number of aryl methyl sites for hydroxylation is 1. The molecule has 4 nitrogen and oxygen atoms in total. The zero-order chi connectivity index (χ0) is 12.5. The van der Waals surface area contributed by atoms with Crippen LogP contribution in [0.1, 0.15) is 37.4 Å². The van der Waals surface area contributed by atoms with Crippen molar-refractivity contribution in [2.75, 3.05) is 7.05 Å². The number of nitrogens with zero attached hydrogens (tertiary/aromatic N) is 3. The molecule has 0 radical (unpaired) electrons. The van der Waals surface area contributed by atoms with Gasteiger partial charge in [-0.3, -0.25) is 4.68 Å². The molecule has 2 rings (SSSR count). The smallest absolute Gasteiger partial charge is 0.248 e. The van der Waals surface area contributed by atoms with Crippen molar-refractivity contribution in [2.45, 2.75) is 37.6 Å². The van der Waals surface area contributed by atoms with Crippen LogP contribution in [0.4, 0.5) is 8.78 Å². The van der Waals surface area contributed by atoms with E-state index in [4.69, 9.17) is 0 Å².